The predicted octanol–water partition coefficient (Wildman–Crippen LogP) is 3.64. The molecule has 3 aromatic rings. The molecule has 116 valence electrons. The number of fused-ring (bicyclic) bond motifs is 1. The number of amides is 1. The summed E-state index contributed by atoms with van der Waals surface area (Å²) in [6, 6.07) is 17.0. The van der Waals surface area contributed by atoms with Gasteiger partial charge in [0, 0.05) is 21.9 Å². The van der Waals surface area contributed by atoms with Crippen LogP contribution < -0.4 is 5.32 Å². The molecule has 0 saturated heterocycles. The van der Waals surface area contributed by atoms with Crippen molar-refractivity contribution in [1.82, 2.24) is 10.3 Å². The van der Waals surface area contributed by atoms with Crippen LogP contribution in [0, 0.1) is 0 Å². The van der Waals surface area contributed by atoms with Crippen LogP contribution in [-0.4, -0.2) is 23.7 Å². The molecule has 1 heterocycles. The van der Waals surface area contributed by atoms with Crippen LogP contribution in [0.1, 0.15) is 22.0 Å². The fraction of sp³-hybridized carbons (Fsp3) is 0.111. The van der Waals surface area contributed by atoms with Gasteiger partial charge in [0.25, 0.3) is 5.91 Å². The van der Waals surface area contributed by atoms with Crippen molar-refractivity contribution in [3.8, 4) is 0 Å². The molecule has 0 aliphatic carbocycles. The lowest BCUT2D eigenvalue weighted by Crippen LogP contribution is -2.29. The predicted molar refractivity (Wildman–Crippen MR) is 93.6 cm³/mol. The highest BCUT2D eigenvalue weighted by Gasteiger charge is 2.14. The molecule has 1 unspecified atom stereocenters. The Morgan fingerprint density at radius 2 is 1.96 bits per heavy atom. The average molecular weight is 371 g/mol. The van der Waals surface area contributed by atoms with Gasteiger partial charge in [0.05, 0.1) is 5.92 Å². The van der Waals surface area contributed by atoms with Gasteiger partial charge in [0.15, 0.2) is 0 Å². The zero-order valence-electron chi connectivity index (χ0n) is 12.3. The number of nitrogens with one attached hydrogen (secondary N) is 2. The van der Waals surface area contributed by atoms with Crippen LogP contribution in [-0.2, 0) is 4.79 Å². The normalized spacial score (nSPS) is 12.0. The molecule has 1 amide bonds. The first kappa shape index (κ1) is 15.5. The number of carbonyl (C=O) groups excluding carboxylic acids is 2. The van der Waals surface area contributed by atoms with Gasteiger partial charge in [-0.05, 0) is 29.8 Å². The summed E-state index contributed by atoms with van der Waals surface area (Å²) in [5.74, 6) is -0.571. The van der Waals surface area contributed by atoms with Crippen molar-refractivity contribution < 1.29 is 9.59 Å². The molecule has 3 rings (SSSR count). The molecule has 0 aliphatic rings. The van der Waals surface area contributed by atoms with Crippen LogP contribution in [0.2, 0.25) is 0 Å². The highest BCUT2D eigenvalue weighted by atomic mass is 79.9. The summed E-state index contributed by atoms with van der Waals surface area (Å²) >= 11 is 3.41. The molecule has 0 saturated carbocycles. The van der Waals surface area contributed by atoms with Crippen molar-refractivity contribution in [1.29, 1.82) is 0 Å². The summed E-state index contributed by atoms with van der Waals surface area (Å²) in [6.07, 6.45) is 0.859. The maximum atomic E-state index is 12.3. The Balaban J connectivity index is 1.71. The number of aromatic amines is 1. The van der Waals surface area contributed by atoms with Crippen LogP contribution in [0.5, 0.6) is 0 Å². The highest BCUT2D eigenvalue weighted by Crippen LogP contribution is 2.20. The molecule has 5 heteroatoms. The van der Waals surface area contributed by atoms with Crippen LogP contribution >= 0.6 is 15.9 Å². The number of benzene rings is 2. The summed E-state index contributed by atoms with van der Waals surface area (Å²) in [5, 5.41) is 3.77. The first-order valence-corrected chi connectivity index (χ1v) is 8.03. The first-order valence-electron chi connectivity index (χ1n) is 7.24. The van der Waals surface area contributed by atoms with E-state index in [1.54, 1.807) is 6.07 Å². The minimum Gasteiger partial charge on any atom is -0.351 e. The second kappa shape index (κ2) is 6.79. The van der Waals surface area contributed by atoms with Crippen molar-refractivity contribution in [3.63, 3.8) is 0 Å². The van der Waals surface area contributed by atoms with Crippen LogP contribution in [0.15, 0.2) is 59.1 Å². The van der Waals surface area contributed by atoms with Gasteiger partial charge in [-0.15, -0.1) is 0 Å². The SMILES string of the molecule is O=CC(CNC(=O)c1cc2cc(Br)ccc2[nH]1)c1ccccc1. The number of H-pyrrole nitrogens is 1. The number of carbonyl (C=O) groups is 2. The van der Waals surface area contributed by atoms with Gasteiger partial charge in [-0.1, -0.05) is 46.3 Å². The molecule has 4 nitrogen and oxygen atoms in total. The van der Waals surface area contributed by atoms with E-state index in [0.717, 1.165) is 27.2 Å². The molecule has 0 aliphatic heterocycles. The third kappa shape index (κ3) is 3.51. The van der Waals surface area contributed by atoms with Gasteiger partial charge < -0.3 is 15.1 Å². The Morgan fingerprint density at radius 1 is 1.17 bits per heavy atom. The summed E-state index contributed by atoms with van der Waals surface area (Å²) in [4.78, 5) is 26.6. The molecule has 0 fully saturated rings. The Bertz CT molecular complexity index is 843. The molecule has 0 radical (unpaired) electrons. The number of halogens is 1. The summed E-state index contributed by atoms with van der Waals surface area (Å²) < 4.78 is 0.959. The lowest BCUT2D eigenvalue weighted by atomic mass is 10.0. The summed E-state index contributed by atoms with van der Waals surface area (Å²) in [7, 11) is 0. The van der Waals surface area contributed by atoms with E-state index in [1.807, 2.05) is 48.5 Å². The lowest BCUT2D eigenvalue weighted by Gasteiger charge is -2.11. The molecule has 2 aromatic carbocycles. The molecular weight excluding hydrogens is 356 g/mol. The Kier molecular flexibility index (Phi) is 4.57. The fourth-order valence-corrected chi connectivity index (χ4v) is 2.85. The van der Waals surface area contributed by atoms with Crippen molar-refractivity contribution in [2.45, 2.75) is 5.92 Å². The highest BCUT2D eigenvalue weighted by molar-refractivity contribution is 9.10. The minimum absolute atomic E-state index is 0.222. The zero-order chi connectivity index (χ0) is 16.2. The van der Waals surface area contributed by atoms with E-state index in [-0.39, 0.29) is 18.4 Å². The monoisotopic (exact) mass is 370 g/mol. The van der Waals surface area contributed by atoms with E-state index >= 15 is 0 Å². The van der Waals surface area contributed by atoms with Gasteiger partial charge in [-0.25, -0.2) is 0 Å². The van der Waals surface area contributed by atoms with Crippen LogP contribution in [0.3, 0.4) is 0 Å². The zero-order valence-corrected chi connectivity index (χ0v) is 13.8. The molecular formula is C18H15BrN2O2. The molecule has 1 atom stereocenters. The van der Waals surface area contributed by atoms with Crippen LogP contribution in [0.4, 0.5) is 0 Å². The third-order valence-corrected chi connectivity index (χ3v) is 4.20. The van der Waals surface area contributed by atoms with E-state index in [2.05, 4.69) is 26.2 Å². The molecule has 1 aromatic heterocycles. The Morgan fingerprint density at radius 3 is 2.70 bits per heavy atom. The number of aldehydes is 1. The third-order valence-electron chi connectivity index (χ3n) is 3.70. The van der Waals surface area contributed by atoms with E-state index < -0.39 is 0 Å². The second-order valence-electron chi connectivity index (χ2n) is 5.28. The van der Waals surface area contributed by atoms with E-state index in [4.69, 9.17) is 0 Å². The topological polar surface area (TPSA) is 62.0 Å². The first-order chi connectivity index (χ1) is 11.2. The van der Waals surface area contributed by atoms with Crippen molar-refractivity contribution in [3.05, 3.63) is 70.3 Å². The number of hydrogen-bond donors (Lipinski definition) is 2. The van der Waals surface area contributed by atoms with Gasteiger partial charge in [0.2, 0.25) is 0 Å². The molecule has 23 heavy (non-hydrogen) atoms. The van der Waals surface area contributed by atoms with Crippen molar-refractivity contribution >= 4 is 39.0 Å². The Labute approximate surface area is 142 Å². The quantitative estimate of drug-likeness (QED) is 0.673. The molecule has 0 bridgehead atoms. The standard InChI is InChI=1S/C18H15BrN2O2/c19-15-6-7-16-13(8-15)9-17(21-16)18(23)20-10-14(11-22)12-4-2-1-3-5-12/h1-9,11,14,21H,10H2,(H,20,23). The van der Waals surface area contributed by atoms with Gasteiger partial charge in [-0.3, -0.25) is 4.79 Å². The number of aromatic nitrogens is 1. The van der Waals surface area contributed by atoms with E-state index in [0.29, 0.717) is 5.69 Å². The number of hydrogen-bond acceptors (Lipinski definition) is 2. The summed E-state index contributed by atoms with van der Waals surface area (Å²) in [6.45, 7) is 0.269. The second-order valence-corrected chi connectivity index (χ2v) is 6.19. The van der Waals surface area contributed by atoms with Gasteiger partial charge >= 0.3 is 0 Å². The average Bonchev–Trinajstić information content (AvgIpc) is 2.99. The van der Waals surface area contributed by atoms with Gasteiger partial charge in [-0.2, -0.15) is 0 Å². The van der Waals surface area contributed by atoms with E-state index in [1.165, 1.54) is 0 Å². The van der Waals surface area contributed by atoms with Gasteiger partial charge in [0.1, 0.15) is 12.0 Å². The maximum Gasteiger partial charge on any atom is 0.267 e. The maximum absolute atomic E-state index is 12.3. The van der Waals surface area contributed by atoms with E-state index in [9.17, 15) is 9.59 Å². The molecule has 2 N–H and O–H groups in total. The molecule has 0 spiro atoms. The summed E-state index contributed by atoms with van der Waals surface area (Å²) in [5.41, 5.74) is 2.27. The van der Waals surface area contributed by atoms with Crippen molar-refractivity contribution in [2.75, 3.05) is 6.54 Å². The minimum atomic E-state index is -0.348. The lowest BCUT2D eigenvalue weighted by molar-refractivity contribution is -0.108. The fourth-order valence-electron chi connectivity index (χ4n) is 2.47. The Hall–Kier alpha value is -2.40. The number of rotatable bonds is 5. The largest absolute Gasteiger partial charge is 0.351 e. The van der Waals surface area contributed by atoms with Crippen molar-refractivity contribution in [2.24, 2.45) is 0 Å². The van der Waals surface area contributed by atoms with Crippen LogP contribution in [0.25, 0.3) is 10.9 Å². The smallest absolute Gasteiger partial charge is 0.267 e.